The summed E-state index contributed by atoms with van der Waals surface area (Å²) in [5.41, 5.74) is 2.43. The first-order valence-electron chi connectivity index (χ1n) is 6.56. The molecule has 0 spiro atoms. The average Bonchev–Trinajstić information content (AvgIpc) is 2.47. The van der Waals surface area contributed by atoms with Crippen molar-refractivity contribution < 1.29 is 14.4 Å². The molecule has 0 aliphatic carbocycles. The van der Waals surface area contributed by atoms with Crippen LogP contribution in [0.25, 0.3) is 12.2 Å². The van der Waals surface area contributed by atoms with Crippen molar-refractivity contribution in [3.05, 3.63) is 51.7 Å². The lowest BCUT2D eigenvalue weighted by Crippen LogP contribution is -2.53. The maximum atomic E-state index is 12.0. The third-order valence-electron chi connectivity index (χ3n) is 3.50. The lowest BCUT2D eigenvalue weighted by Gasteiger charge is -2.04. The van der Waals surface area contributed by atoms with Crippen LogP contribution in [0.2, 0.25) is 0 Å². The molecule has 21 heavy (non-hydrogen) atoms. The largest absolute Gasteiger partial charge is 0.504 e. The van der Waals surface area contributed by atoms with Crippen LogP contribution < -0.4 is 15.0 Å². The van der Waals surface area contributed by atoms with Gasteiger partial charge in [-0.2, -0.15) is 13.9 Å². The number of phenols is 1. The molecule has 0 atom stereocenters. The molecule has 2 aromatic rings. The van der Waals surface area contributed by atoms with Gasteiger partial charge in [0.25, 0.3) is 0 Å². The second-order valence-electron chi connectivity index (χ2n) is 4.88. The fourth-order valence-corrected chi connectivity index (χ4v) is 2.05. The van der Waals surface area contributed by atoms with Crippen molar-refractivity contribution in [2.24, 2.45) is 14.1 Å². The highest BCUT2D eigenvalue weighted by molar-refractivity contribution is 5.68. The van der Waals surface area contributed by atoms with Gasteiger partial charge >= 0.3 is 5.69 Å². The van der Waals surface area contributed by atoms with Crippen molar-refractivity contribution in [3.8, 4) is 11.5 Å². The molecule has 1 N–H and O–H groups in total. The second kappa shape index (κ2) is 5.83. The zero-order valence-corrected chi connectivity index (χ0v) is 12.6. The van der Waals surface area contributed by atoms with E-state index < -0.39 is 0 Å². The zero-order chi connectivity index (χ0) is 15.6. The Kier molecular flexibility index (Phi) is 4.12. The summed E-state index contributed by atoms with van der Waals surface area (Å²) in [5.74, 6) is 0.520. The molecule has 0 unspecified atom stereocenters. The lowest BCUT2D eigenvalue weighted by atomic mass is 10.1. The number of hydrogen-bond donors (Lipinski definition) is 1. The standard InChI is InChI=1S/C16H18N2O3/c1-11-9-13(18(3)16(20)17(11)2)7-5-12-6-8-15(21-4)14(19)10-12/h5-10H,1-4H3/p+1. The predicted molar refractivity (Wildman–Crippen MR) is 81.2 cm³/mol. The number of methoxy groups -OCH3 is 1. The molecule has 0 saturated carbocycles. The normalized spacial score (nSPS) is 11.0. The van der Waals surface area contributed by atoms with E-state index in [0.29, 0.717) is 5.75 Å². The summed E-state index contributed by atoms with van der Waals surface area (Å²) in [4.78, 5) is 12.0. The Balaban J connectivity index is 2.38. The topological polar surface area (TPSA) is 55.3 Å². The van der Waals surface area contributed by atoms with Crippen LogP contribution in [-0.4, -0.2) is 16.8 Å². The number of phenolic OH excluding ortho intramolecular Hbond substituents is 1. The van der Waals surface area contributed by atoms with Crippen LogP contribution in [0.4, 0.5) is 0 Å². The van der Waals surface area contributed by atoms with E-state index in [4.69, 9.17) is 4.74 Å². The van der Waals surface area contributed by atoms with Gasteiger partial charge in [-0.25, -0.2) is 0 Å². The first kappa shape index (κ1) is 14.8. The van der Waals surface area contributed by atoms with E-state index >= 15 is 0 Å². The molecule has 1 aromatic heterocycles. The Labute approximate surface area is 123 Å². The summed E-state index contributed by atoms with van der Waals surface area (Å²) in [6.07, 6.45) is 3.68. The average molecular weight is 287 g/mol. The van der Waals surface area contributed by atoms with Crippen molar-refractivity contribution >= 4 is 12.2 Å². The number of aryl methyl sites for hydroxylation is 1. The minimum absolute atomic E-state index is 0.0766. The van der Waals surface area contributed by atoms with Gasteiger partial charge in [0.2, 0.25) is 0 Å². The van der Waals surface area contributed by atoms with E-state index in [-0.39, 0.29) is 11.4 Å². The molecule has 1 aromatic carbocycles. The quantitative estimate of drug-likeness (QED) is 0.868. The van der Waals surface area contributed by atoms with E-state index in [1.54, 1.807) is 35.4 Å². The molecule has 0 fully saturated rings. The zero-order valence-electron chi connectivity index (χ0n) is 12.6. The smallest absolute Gasteiger partial charge is 0.498 e. The van der Waals surface area contributed by atoms with Gasteiger partial charge in [-0.05, 0) is 30.7 Å². The highest BCUT2D eigenvalue weighted by atomic mass is 16.5. The Morgan fingerprint density at radius 3 is 2.62 bits per heavy atom. The van der Waals surface area contributed by atoms with Gasteiger partial charge in [-0.15, -0.1) is 0 Å². The predicted octanol–water partition coefficient (Wildman–Crippen LogP) is 1.40. The Morgan fingerprint density at radius 2 is 2.00 bits per heavy atom. The third-order valence-corrected chi connectivity index (χ3v) is 3.50. The van der Waals surface area contributed by atoms with E-state index in [9.17, 15) is 9.90 Å². The minimum Gasteiger partial charge on any atom is -0.504 e. The van der Waals surface area contributed by atoms with Gasteiger partial charge < -0.3 is 9.84 Å². The maximum Gasteiger partial charge on any atom is 0.498 e. The lowest BCUT2D eigenvalue weighted by molar-refractivity contribution is -0.692. The van der Waals surface area contributed by atoms with Crippen molar-refractivity contribution in [1.82, 2.24) is 4.57 Å². The molecule has 0 bridgehead atoms. The van der Waals surface area contributed by atoms with E-state index in [0.717, 1.165) is 17.0 Å². The van der Waals surface area contributed by atoms with Crippen LogP contribution in [0.3, 0.4) is 0 Å². The number of ether oxygens (including phenoxy) is 1. The summed E-state index contributed by atoms with van der Waals surface area (Å²) in [6.45, 7) is 1.89. The van der Waals surface area contributed by atoms with Crippen LogP contribution in [0, 0.1) is 6.92 Å². The minimum atomic E-state index is -0.0766. The van der Waals surface area contributed by atoms with Gasteiger partial charge in [0.05, 0.1) is 21.2 Å². The summed E-state index contributed by atoms with van der Waals surface area (Å²) in [7, 11) is 4.98. The van der Waals surface area contributed by atoms with Crippen molar-refractivity contribution in [1.29, 1.82) is 0 Å². The van der Waals surface area contributed by atoms with Crippen molar-refractivity contribution in [3.63, 3.8) is 0 Å². The van der Waals surface area contributed by atoms with E-state index in [1.165, 1.54) is 7.11 Å². The first-order chi connectivity index (χ1) is 9.93. The fraction of sp³-hybridized carbons (Fsp3) is 0.250. The SMILES string of the molecule is COc1ccc(C=Cc2cc(C)n(C)c(=O)[n+]2C)cc1O. The van der Waals surface area contributed by atoms with Crippen LogP contribution in [0.15, 0.2) is 29.1 Å². The molecule has 0 aliphatic heterocycles. The highest BCUT2D eigenvalue weighted by Gasteiger charge is 2.11. The summed E-state index contributed by atoms with van der Waals surface area (Å²) < 4.78 is 8.17. The molecule has 110 valence electrons. The van der Waals surface area contributed by atoms with Gasteiger partial charge in [0, 0.05) is 6.07 Å². The Morgan fingerprint density at radius 1 is 1.29 bits per heavy atom. The van der Waals surface area contributed by atoms with Crippen LogP contribution in [-0.2, 0) is 14.1 Å². The van der Waals surface area contributed by atoms with E-state index in [2.05, 4.69) is 0 Å². The molecule has 0 aliphatic rings. The number of benzene rings is 1. The molecule has 5 heteroatoms. The van der Waals surface area contributed by atoms with Gasteiger partial charge in [0.1, 0.15) is 11.4 Å². The second-order valence-corrected chi connectivity index (χ2v) is 4.88. The van der Waals surface area contributed by atoms with Gasteiger partial charge in [0.15, 0.2) is 11.5 Å². The van der Waals surface area contributed by atoms with Crippen LogP contribution in [0.5, 0.6) is 11.5 Å². The van der Waals surface area contributed by atoms with Gasteiger partial charge in [-0.1, -0.05) is 12.1 Å². The van der Waals surface area contributed by atoms with Crippen LogP contribution in [0.1, 0.15) is 17.0 Å². The van der Waals surface area contributed by atoms with Gasteiger partial charge in [-0.3, -0.25) is 0 Å². The molecule has 0 amide bonds. The molecule has 5 nitrogen and oxygen atoms in total. The summed E-state index contributed by atoms with van der Waals surface area (Å²) in [5, 5.41) is 9.75. The number of aromatic hydroxyl groups is 1. The van der Waals surface area contributed by atoms with E-state index in [1.807, 2.05) is 31.2 Å². The third kappa shape index (κ3) is 2.97. The number of aromatic nitrogens is 2. The molecular weight excluding hydrogens is 268 g/mol. The summed E-state index contributed by atoms with van der Waals surface area (Å²) >= 11 is 0. The molecule has 0 radical (unpaired) electrons. The maximum absolute atomic E-state index is 12.0. The monoisotopic (exact) mass is 287 g/mol. The summed E-state index contributed by atoms with van der Waals surface area (Å²) in [6, 6.07) is 7.08. The van der Waals surface area contributed by atoms with Crippen LogP contribution >= 0.6 is 0 Å². The molecule has 0 saturated heterocycles. The number of hydrogen-bond acceptors (Lipinski definition) is 3. The van der Waals surface area contributed by atoms with Crippen molar-refractivity contribution in [2.45, 2.75) is 6.92 Å². The number of nitrogens with zero attached hydrogens (tertiary/aromatic N) is 2. The van der Waals surface area contributed by atoms with Crippen molar-refractivity contribution in [2.75, 3.05) is 7.11 Å². The Hall–Kier alpha value is -2.56. The number of rotatable bonds is 3. The fourth-order valence-electron chi connectivity index (χ4n) is 2.05. The molecule has 1 heterocycles. The molecule has 2 rings (SSSR count). The molecular formula is C16H19N2O3+. The first-order valence-corrected chi connectivity index (χ1v) is 6.56. The Bertz CT molecular complexity index is 761. The highest BCUT2D eigenvalue weighted by Crippen LogP contribution is 2.26.